The predicted octanol–water partition coefficient (Wildman–Crippen LogP) is 4.24. The van der Waals surface area contributed by atoms with Crippen LogP contribution in [-0.4, -0.2) is 43.0 Å². The number of rotatable bonds is 6. The summed E-state index contributed by atoms with van der Waals surface area (Å²) in [4.78, 5) is 17.6. The van der Waals surface area contributed by atoms with Crippen LogP contribution in [0.1, 0.15) is 24.1 Å². The number of carbonyl (C=O) groups excluding carboxylic acids is 1. The Morgan fingerprint density at radius 1 is 0.806 bits per heavy atom. The van der Waals surface area contributed by atoms with E-state index in [-0.39, 0.29) is 23.8 Å². The number of piperazine rings is 1. The number of hydrogen-bond donors (Lipinski definition) is 1. The summed E-state index contributed by atoms with van der Waals surface area (Å²) >= 11 is 0. The second-order valence-electron chi connectivity index (χ2n) is 7.94. The van der Waals surface area contributed by atoms with Gasteiger partial charge in [0.15, 0.2) is 0 Å². The maximum Gasteiger partial charge on any atom is 0.237 e. The number of hydrogen-bond acceptors (Lipinski definition) is 3. The Morgan fingerprint density at radius 3 is 1.84 bits per heavy atom. The molecule has 1 atom stereocenters. The molecule has 1 N–H and O–H groups in total. The van der Waals surface area contributed by atoms with Gasteiger partial charge < -0.3 is 10.2 Å². The Morgan fingerprint density at radius 2 is 1.32 bits per heavy atom. The molecule has 3 aromatic rings. The van der Waals surface area contributed by atoms with E-state index in [9.17, 15) is 9.18 Å². The van der Waals surface area contributed by atoms with Crippen molar-refractivity contribution in [3.05, 3.63) is 102 Å². The molecule has 0 radical (unpaired) electrons. The van der Waals surface area contributed by atoms with Gasteiger partial charge in [0, 0.05) is 31.9 Å². The van der Waals surface area contributed by atoms with E-state index < -0.39 is 0 Å². The van der Waals surface area contributed by atoms with Gasteiger partial charge >= 0.3 is 0 Å². The molecule has 0 aromatic heterocycles. The Labute approximate surface area is 183 Å². The lowest BCUT2D eigenvalue weighted by atomic mass is 9.98. The van der Waals surface area contributed by atoms with Crippen molar-refractivity contribution in [3.8, 4) is 0 Å². The van der Waals surface area contributed by atoms with E-state index in [2.05, 4.69) is 15.1 Å². The molecule has 3 aromatic carbocycles. The predicted molar refractivity (Wildman–Crippen MR) is 123 cm³/mol. The van der Waals surface area contributed by atoms with Gasteiger partial charge in [0.05, 0.1) is 12.1 Å². The Balaban J connectivity index is 1.41. The molecule has 4 nitrogen and oxygen atoms in total. The van der Waals surface area contributed by atoms with Crippen LogP contribution in [0.15, 0.2) is 84.9 Å². The first-order chi connectivity index (χ1) is 15.1. The number of amides is 1. The maximum absolute atomic E-state index is 13.2. The smallest absolute Gasteiger partial charge is 0.237 e. The second-order valence-corrected chi connectivity index (χ2v) is 7.94. The average Bonchev–Trinajstić information content (AvgIpc) is 2.83. The summed E-state index contributed by atoms with van der Waals surface area (Å²) in [5.41, 5.74) is 3.15. The van der Waals surface area contributed by atoms with Crippen molar-refractivity contribution in [1.82, 2.24) is 10.2 Å². The topological polar surface area (TPSA) is 35.6 Å². The van der Waals surface area contributed by atoms with E-state index in [1.54, 1.807) is 0 Å². The molecule has 5 heteroatoms. The fourth-order valence-corrected chi connectivity index (χ4v) is 4.10. The van der Waals surface area contributed by atoms with E-state index in [1.807, 2.05) is 79.7 Å². The van der Waals surface area contributed by atoms with Gasteiger partial charge in [-0.1, -0.05) is 60.7 Å². The van der Waals surface area contributed by atoms with Crippen LogP contribution in [-0.2, 0) is 4.79 Å². The normalized spacial score (nSPS) is 15.6. The third-order valence-electron chi connectivity index (χ3n) is 5.99. The molecule has 1 saturated heterocycles. The first kappa shape index (κ1) is 21.1. The number of anilines is 1. The molecule has 0 spiro atoms. The molecule has 1 aliphatic rings. The quantitative estimate of drug-likeness (QED) is 0.652. The zero-order valence-corrected chi connectivity index (χ0v) is 17.7. The molecule has 0 unspecified atom stereocenters. The monoisotopic (exact) mass is 417 g/mol. The van der Waals surface area contributed by atoms with Gasteiger partial charge in [-0.25, -0.2) is 4.39 Å². The number of nitrogens with one attached hydrogen (secondary N) is 1. The highest BCUT2D eigenvalue weighted by molar-refractivity contribution is 5.82. The minimum absolute atomic E-state index is 0.0212. The summed E-state index contributed by atoms with van der Waals surface area (Å²) in [6, 6.07) is 26.3. The van der Waals surface area contributed by atoms with Crippen LogP contribution in [0.5, 0.6) is 0 Å². The summed E-state index contributed by atoms with van der Waals surface area (Å²) in [5, 5.41) is 3.26. The van der Waals surface area contributed by atoms with Gasteiger partial charge in [0.25, 0.3) is 0 Å². The molecule has 160 valence electrons. The first-order valence-electron chi connectivity index (χ1n) is 10.8. The number of benzene rings is 3. The average molecular weight is 418 g/mol. The largest absolute Gasteiger partial charge is 0.369 e. The molecule has 1 amide bonds. The fourth-order valence-electron chi connectivity index (χ4n) is 4.10. The molecule has 1 fully saturated rings. The first-order valence-corrected chi connectivity index (χ1v) is 10.8. The molecule has 4 rings (SSSR count). The van der Waals surface area contributed by atoms with E-state index in [0.717, 1.165) is 43.0 Å². The second kappa shape index (κ2) is 9.75. The molecule has 1 heterocycles. The minimum atomic E-state index is -0.231. The van der Waals surface area contributed by atoms with Crippen molar-refractivity contribution in [2.24, 2.45) is 0 Å². The summed E-state index contributed by atoms with van der Waals surface area (Å²) in [5.74, 6) is -0.202. The zero-order chi connectivity index (χ0) is 21.6. The van der Waals surface area contributed by atoms with Crippen molar-refractivity contribution in [1.29, 1.82) is 0 Å². The summed E-state index contributed by atoms with van der Waals surface area (Å²) < 4.78 is 13.2. The van der Waals surface area contributed by atoms with E-state index >= 15 is 0 Å². The van der Waals surface area contributed by atoms with Crippen molar-refractivity contribution in [2.75, 3.05) is 31.1 Å². The van der Waals surface area contributed by atoms with Crippen molar-refractivity contribution >= 4 is 11.6 Å². The number of nitrogens with zero attached hydrogens (tertiary/aromatic N) is 2. The molecular weight excluding hydrogens is 389 g/mol. The summed E-state index contributed by atoms with van der Waals surface area (Å²) in [6.07, 6.45) is 0. The van der Waals surface area contributed by atoms with Crippen LogP contribution in [0, 0.1) is 5.82 Å². The lowest BCUT2D eigenvalue weighted by Crippen LogP contribution is -2.54. The molecular formula is C26H28FN3O. The van der Waals surface area contributed by atoms with Crippen molar-refractivity contribution in [3.63, 3.8) is 0 Å². The van der Waals surface area contributed by atoms with Gasteiger partial charge in [-0.2, -0.15) is 0 Å². The Kier molecular flexibility index (Phi) is 6.63. The highest BCUT2D eigenvalue weighted by Crippen LogP contribution is 2.23. The number of halogens is 1. The zero-order valence-electron chi connectivity index (χ0n) is 17.7. The molecule has 31 heavy (non-hydrogen) atoms. The maximum atomic E-state index is 13.2. The molecule has 0 aliphatic carbocycles. The Bertz CT molecular complexity index is 931. The third kappa shape index (κ3) is 5.12. The fraction of sp³-hybridized carbons (Fsp3) is 0.269. The van der Waals surface area contributed by atoms with E-state index in [4.69, 9.17) is 0 Å². The lowest BCUT2D eigenvalue weighted by Gasteiger charge is -2.39. The van der Waals surface area contributed by atoms with Crippen LogP contribution in [0.2, 0.25) is 0 Å². The minimum Gasteiger partial charge on any atom is -0.369 e. The molecule has 1 aliphatic heterocycles. The van der Waals surface area contributed by atoms with Gasteiger partial charge in [0.2, 0.25) is 5.91 Å². The molecule has 0 bridgehead atoms. The third-order valence-corrected chi connectivity index (χ3v) is 5.99. The van der Waals surface area contributed by atoms with Crippen LogP contribution in [0.4, 0.5) is 10.1 Å². The highest BCUT2D eigenvalue weighted by Gasteiger charge is 2.27. The SMILES string of the molecule is C[C@H](C(=O)NC(c1ccccc1)c1ccccc1)N1CCN(c2ccc(F)cc2)CC1. The van der Waals surface area contributed by atoms with Crippen LogP contribution in [0.25, 0.3) is 0 Å². The van der Waals surface area contributed by atoms with Gasteiger partial charge in [-0.3, -0.25) is 9.69 Å². The van der Waals surface area contributed by atoms with E-state index in [0.29, 0.717) is 0 Å². The summed E-state index contributed by atoms with van der Waals surface area (Å²) in [6.45, 7) is 5.16. The summed E-state index contributed by atoms with van der Waals surface area (Å²) in [7, 11) is 0. The Hall–Kier alpha value is -3.18. The van der Waals surface area contributed by atoms with Gasteiger partial charge in [-0.15, -0.1) is 0 Å². The van der Waals surface area contributed by atoms with Crippen LogP contribution < -0.4 is 10.2 Å². The van der Waals surface area contributed by atoms with Gasteiger partial charge in [0.1, 0.15) is 5.82 Å². The van der Waals surface area contributed by atoms with E-state index in [1.165, 1.54) is 12.1 Å². The highest BCUT2D eigenvalue weighted by atomic mass is 19.1. The van der Waals surface area contributed by atoms with Crippen LogP contribution >= 0.6 is 0 Å². The van der Waals surface area contributed by atoms with Crippen molar-refractivity contribution in [2.45, 2.75) is 19.0 Å². The van der Waals surface area contributed by atoms with Crippen LogP contribution in [0.3, 0.4) is 0 Å². The lowest BCUT2D eigenvalue weighted by molar-refractivity contribution is -0.126. The van der Waals surface area contributed by atoms with Gasteiger partial charge in [-0.05, 0) is 42.3 Å². The number of carbonyl (C=O) groups is 1. The molecule has 0 saturated carbocycles. The van der Waals surface area contributed by atoms with Crippen molar-refractivity contribution < 1.29 is 9.18 Å². The standard InChI is InChI=1S/C26H28FN3O/c1-20(29-16-18-30(19-17-29)24-14-12-23(27)13-15-24)26(31)28-25(21-8-4-2-5-9-21)22-10-6-3-7-11-22/h2-15,20,25H,16-19H2,1H3,(H,28,31)/t20-/m1/s1.